The topological polar surface area (TPSA) is 31.4 Å². The Kier molecular flexibility index (Phi) is 6.81. The minimum atomic E-state index is 0.678. The van der Waals surface area contributed by atoms with Crippen LogP contribution in [0.2, 0.25) is 0 Å². The van der Waals surface area contributed by atoms with Crippen LogP contribution in [0.3, 0.4) is 0 Å². The molecule has 0 saturated carbocycles. The number of pyridine rings is 1. The molecule has 0 aliphatic rings. The Morgan fingerprint density at radius 3 is 2.58 bits per heavy atom. The maximum atomic E-state index is 4.25. The third kappa shape index (κ3) is 6.03. The second-order valence-corrected chi connectivity index (χ2v) is 5.75. The van der Waals surface area contributed by atoms with Crippen molar-refractivity contribution in [2.45, 2.75) is 20.4 Å². The lowest BCUT2D eigenvalue weighted by molar-refractivity contribution is 0.416. The van der Waals surface area contributed by atoms with Crippen molar-refractivity contribution in [3.8, 4) is 0 Å². The van der Waals surface area contributed by atoms with E-state index in [0.717, 1.165) is 26.2 Å². The molecule has 0 saturated heterocycles. The third-order valence-electron chi connectivity index (χ3n) is 3.05. The van der Waals surface area contributed by atoms with Gasteiger partial charge in [0.25, 0.3) is 0 Å². The van der Waals surface area contributed by atoms with Gasteiger partial charge in [0, 0.05) is 32.9 Å². The minimum Gasteiger partial charge on any atom is -0.372 e. The summed E-state index contributed by atoms with van der Waals surface area (Å²) < 4.78 is 0. The van der Waals surface area contributed by atoms with E-state index in [2.05, 4.69) is 61.2 Å². The summed E-state index contributed by atoms with van der Waals surface area (Å²) in [6.45, 7) is 8.46. The molecule has 0 unspecified atom stereocenters. The van der Waals surface area contributed by atoms with Gasteiger partial charge >= 0.3 is 0 Å². The predicted octanol–water partition coefficient (Wildman–Crippen LogP) is 1.82. The molecule has 0 radical (unpaired) electrons. The van der Waals surface area contributed by atoms with Gasteiger partial charge in [0.2, 0.25) is 0 Å². The Labute approximate surface area is 117 Å². The number of rotatable bonds is 8. The van der Waals surface area contributed by atoms with Gasteiger partial charge in [0.15, 0.2) is 0 Å². The van der Waals surface area contributed by atoms with Crippen LogP contribution in [0.4, 0.5) is 5.69 Å². The molecule has 0 aliphatic heterocycles. The van der Waals surface area contributed by atoms with E-state index in [9.17, 15) is 0 Å². The number of hydrogen-bond donors (Lipinski definition) is 1. The summed E-state index contributed by atoms with van der Waals surface area (Å²) in [6, 6.07) is 2.11. The molecule has 4 heteroatoms. The van der Waals surface area contributed by atoms with Crippen LogP contribution in [0.15, 0.2) is 18.5 Å². The number of nitrogens with one attached hydrogen (secondary N) is 1. The number of likely N-dealkylation sites (N-methyl/N-ethyl adjacent to an activating group) is 2. The van der Waals surface area contributed by atoms with Crippen LogP contribution < -0.4 is 10.2 Å². The van der Waals surface area contributed by atoms with E-state index >= 15 is 0 Å². The van der Waals surface area contributed by atoms with Crippen LogP contribution in [0.25, 0.3) is 0 Å². The van der Waals surface area contributed by atoms with E-state index < -0.39 is 0 Å². The zero-order valence-corrected chi connectivity index (χ0v) is 13.0. The van der Waals surface area contributed by atoms with Crippen LogP contribution in [0, 0.1) is 5.92 Å². The highest BCUT2D eigenvalue weighted by molar-refractivity contribution is 5.50. The highest BCUT2D eigenvalue weighted by atomic mass is 15.2. The predicted molar refractivity (Wildman–Crippen MR) is 82.6 cm³/mol. The first kappa shape index (κ1) is 15.9. The molecule has 0 fully saturated rings. The summed E-state index contributed by atoms with van der Waals surface area (Å²) in [6.07, 6.45) is 3.83. The zero-order valence-electron chi connectivity index (χ0n) is 13.0. The number of hydrogen-bond acceptors (Lipinski definition) is 4. The normalized spacial score (nSPS) is 11.3. The molecule has 0 atom stereocenters. The van der Waals surface area contributed by atoms with Crippen molar-refractivity contribution in [2.24, 2.45) is 5.92 Å². The van der Waals surface area contributed by atoms with Crippen LogP contribution in [-0.2, 0) is 6.54 Å². The second kappa shape index (κ2) is 8.12. The van der Waals surface area contributed by atoms with E-state index in [-0.39, 0.29) is 0 Å². The summed E-state index contributed by atoms with van der Waals surface area (Å²) in [5, 5.41) is 3.50. The van der Waals surface area contributed by atoms with Gasteiger partial charge in [-0.3, -0.25) is 4.98 Å². The lowest BCUT2D eigenvalue weighted by Crippen LogP contribution is -2.30. The molecule has 1 heterocycles. The number of aromatic nitrogens is 1. The monoisotopic (exact) mass is 264 g/mol. The summed E-state index contributed by atoms with van der Waals surface area (Å²) in [5.41, 5.74) is 2.54. The number of anilines is 1. The highest BCUT2D eigenvalue weighted by Gasteiger charge is 2.07. The van der Waals surface area contributed by atoms with Gasteiger partial charge in [-0.1, -0.05) is 13.8 Å². The molecule has 4 nitrogen and oxygen atoms in total. The lowest BCUT2D eigenvalue weighted by atomic mass is 10.2. The quantitative estimate of drug-likeness (QED) is 0.776. The van der Waals surface area contributed by atoms with Gasteiger partial charge in [0.05, 0.1) is 11.9 Å². The van der Waals surface area contributed by atoms with Crippen LogP contribution >= 0.6 is 0 Å². The molecule has 19 heavy (non-hydrogen) atoms. The Bertz CT molecular complexity index is 363. The highest BCUT2D eigenvalue weighted by Crippen LogP contribution is 2.17. The van der Waals surface area contributed by atoms with E-state index in [4.69, 9.17) is 0 Å². The van der Waals surface area contributed by atoms with E-state index in [1.807, 2.05) is 12.4 Å². The molecule has 0 bridgehead atoms. The summed E-state index contributed by atoms with van der Waals surface area (Å²) in [5.74, 6) is 0.678. The number of nitrogens with zero attached hydrogens (tertiary/aromatic N) is 3. The van der Waals surface area contributed by atoms with Gasteiger partial charge in [-0.05, 0) is 38.2 Å². The Hall–Kier alpha value is -1.13. The molecule has 0 amide bonds. The Morgan fingerprint density at radius 2 is 1.95 bits per heavy atom. The molecule has 0 spiro atoms. The molecular weight excluding hydrogens is 236 g/mol. The largest absolute Gasteiger partial charge is 0.372 e. The lowest BCUT2D eigenvalue weighted by Gasteiger charge is -2.24. The maximum absolute atomic E-state index is 4.25. The van der Waals surface area contributed by atoms with E-state index in [0.29, 0.717) is 5.92 Å². The first-order valence-electron chi connectivity index (χ1n) is 7.00. The van der Waals surface area contributed by atoms with Gasteiger partial charge in [-0.15, -0.1) is 0 Å². The minimum absolute atomic E-state index is 0.678. The van der Waals surface area contributed by atoms with E-state index in [1.165, 1.54) is 11.3 Å². The van der Waals surface area contributed by atoms with Gasteiger partial charge in [0.1, 0.15) is 0 Å². The molecule has 0 aromatic carbocycles. The van der Waals surface area contributed by atoms with Gasteiger partial charge in [-0.2, -0.15) is 0 Å². The molecule has 1 rings (SSSR count). The van der Waals surface area contributed by atoms with Crippen LogP contribution in [-0.4, -0.2) is 50.7 Å². The van der Waals surface area contributed by atoms with Gasteiger partial charge in [-0.25, -0.2) is 0 Å². The van der Waals surface area contributed by atoms with Crippen molar-refractivity contribution in [1.29, 1.82) is 0 Å². The smallest absolute Gasteiger partial charge is 0.0596 e. The summed E-state index contributed by atoms with van der Waals surface area (Å²) >= 11 is 0. The molecule has 1 aromatic rings. The van der Waals surface area contributed by atoms with Crippen molar-refractivity contribution >= 4 is 5.69 Å². The van der Waals surface area contributed by atoms with Crippen molar-refractivity contribution in [2.75, 3.05) is 45.7 Å². The first-order chi connectivity index (χ1) is 9.00. The molecule has 1 N–H and O–H groups in total. The Balaban J connectivity index is 2.61. The van der Waals surface area contributed by atoms with Crippen molar-refractivity contribution in [1.82, 2.24) is 15.2 Å². The average molecular weight is 264 g/mol. The van der Waals surface area contributed by atoms with Crippen molar-refractivity contribution in [3.05, 3.63) is 24.0 Å². The fourth-order valence-corrected chi connectivity index (χ4v) is 1.87. The third-order valence-corrected chi connectivity index (χ3v) is 3.05. The standard InChI is InChI=1S/C15H28N4/c1-13(2)10-17-11-14-6-7-16-12-15(14)19(5)9-8-18(3)4/h6-7,12-13,17H,8-11H2,1-5H3. The molecular formula is C15H28N4. The second-order valence-electron chi connectivity index (χ2n) is 5.75. The van der Waals surface area contributed by atoms with E-state index in [1.54, 1.807) is 0 Å². The molecule has 1 aromatic heterocycles. The fourth-order valence-electron chi connectivity index (χ4n) is 1.87. The van der Waals surface area contributed by atoms with Crippen molar-refractivity contribution < 1.29 is 0 Å². The molecule has 108 valence electrons. The molecule has 0 aliphatic carbocycles. The zero-order chi connectivity index (χ0) is 14.3. The summed E-state index contributed by atoms with van der Waals surface area (Å²) in [4.78, 5) is 8.73. The first-order valence-corrected chi connectivity index (χ1v) is 7.00. The van der Waals surface area contributed by atoms with Crippen molar-refractivity contribution in [3.63, 3.8) is 0 Å². The van der Waals surface area contributed by atoms with Crippen LogP contribution in [0.5, 0.6) is 0 Å². The van der Waals surface area contributed by atoms with Crippen LogP contribution in [0.1, 0.15) is 19.4 Å². The average Bonchev–Trinajstić information content (AvgIpc) is 2.36. The SMILES string of the molecule is CC(C)CNCc1ccncc1N(C)CCN(C)C. The maximum Gasteiger partial charge on any atom is 0.0596 e. The Morgan fingerprint density at radius 1 is 1.21 bits per heavy atom. The van der Waals surface area contributed by atoms with Gasteiger partial charge < -0.3 is 15.1 Å². The summed E-state index contributed by atoms with van der Waals surface area (Å²) in [7, 11) is 6.33. The fraction of sp³-hybridized carbons (Fsp3) is 0.667.